The highest BCUT2D eigenvalue weighted by Crippen LogP contribution is 2.46. The number of carbonyl (C=O) groups excluding carboxylic acids is 1. The minimum absolute atomic E-state index is 0.183. The van der Waals surface area contributed by atoms with E-state index < -0.39 is 0 Å². The summed E-state index contributed by atoms with van der Waals surface area (Å²) in [5, 5.41) is 9.79. The molecule has 1 N–H and O–H groups in total. The molecule has 162 valence electrons. The zero-order chi connectivity index (χ0) is 19.8. The van der Waals surface area contributed by atoms with E-state index in [1.165, 1.54) is 75.7 Å². The standard InChI is InChI=1S/C22H39NO3S2/c1-23(25)22(24)9-5-6-13-27-16-19-18(20-10-11-21(19)26-20)12-14-28-15-17-7-3-2-4-8-17/h17-21,25H,2-16H2,1H3. The van der Waals surface area contributed by atoms with Crippen molar-refractivity contribution in [2.75, 3.05) is 30.1 Å². The van der Waals surface area contributed by atoms with Crippen LogP contribution in [0.1, 0.15) is 70.6 Å². The van der Waals surface area contributed by atoms with Crippen molar-refractivity contribution in [2.24, 2.45) is 17.8 Å². The van der Waals surface area contributed by atoms with Gasteiger partial charge in [-0.15, -0.1) is 0 Å². The quantitative estimate of drug-likeness (QED) is 0.261. The Morgan fingerprint density at radius 1 is 0.964 bits per heavy atom. The number of hydroxylamine groups is 2. The van der Waals surface area contributed by atoms with Gasteiger partial charge in [-0.3, -0.25) is 10.0 Å². The van der Waals surface area contributed by atoms with Gasteiger partial charge in [0.2, 0.25) is 5.91 Å². The first-order valence-corrected chi connectivity index (χ1v) is 13.7. The van der Waals surface area contributed by atoms with Crippen molar-refractivity contribution >= 4 is 29.4 Å². The summed E-state index contributed by atoms with van der Waals surface area (Å²) in [6, 6.07) is 0. The van der Waals surface area contributed by atoms with Crippen LogP contribution in [0.25, 0.3) is 0 Å². The smallest absolute Gasteiger partial charge is 0.245 e. The van der Waals surface area contributed by atoms with Crippen LogP contribution in [-0.2, 0) is 9.53 Å². The Bertz CT molecular complexity index is 471. The lowest BCUT2D eigenvalue weighted by molar-refractivity contribution is -0.159. The van der Waals surface area contributed by atoms with Gasteiger partial charge in [0.15, 0.2) is 0 Å². The number of unbranched alkanes of at least 4 members (excludes halogenated alkanes) is 1. The molecule has 1 amide bonds. The van der Waals surface area contributed by atoms with Gasteiger partial charge in [0.05, 0.1) is 12.2 Å². The van der Waals surface area contributed by atoms with Gasteiger partial charge < -0.3 is 4.74 Å². The number of ether oxygens (including phenoxy) is 1. The molecule has 4 unspecified atom stereocenters. The van der Waals surface area contributed by atoms with E-state index in [9.17, 15) is 4.79 Å². The lowest BCUT2D eigenvalue weighted by Crippen LogP contribution is -2.29. The molecule has 28 heavy (non-hydrogen) atoms. The number of hydrogen-bond donors (Lipinski definition) is 1. The molecular weight excluding hydrogens is 390 g/mol. The molecule has 3 aliphatic rings. The average Bonchev–Trinajstić information content (AvgIpc) is 3.30. The van der Waals surface area contributed by atoms with Gasteiger partial charge in [-0.05, 0) is 85.7 Å². The van der Waals surface area contributed by atoms with Crippen molar-refractivity contribution in [3.05, 3.63) is 0 Å². The molecule has 3 rings (SSSR count). The normalized spacial score (nSPS) is 30.1. The third kappa shape index (κ3) is 6.82. The van der Waals surface area contributed by atoms with Crippen LogP contribution in [0.4, 0.5) is 0 Å². The van der Waals surface area contributed by atoms with Crippen LogP contribution >= 0.6 is 23.5 Å². The zero-order valence-corrected chi connectivity index (χ0v) is 19.2. The molecule has 0 radical (unpaired) electrons. The third-order valence-electron chi connectivity index (χ3n) is 6.86. The van der Waals surface area contributed by atoms with Crippen molar-refractivity contribution in [3.63, 3.8) is 0 Å². The summed E-state index contributed by atoms with van der Waals surface area (Å²) in [4.78, 5) is 11.4. The molecule has 2 heterocycles. The van der Waals surface area contributed by atoms with E-state index in [0.717, 1.165) is 36.3 Å². The Morgan fingerprint density at radius 3 is 2.43 bits per heavy atom. The molecule has 3 fully saturated rings. The SMILES string of the molecule is CN(O)C(=O)CCCCSCC1C2CCC(O2)C1CCSCC1CCCCC1. The molecule has 4 atom stereocenters. The second-order valence-corrected chi connectivity index (χ2v) is 11.2. The molecule has 6 heteroatoms. The summed E-state index contributed by atoms with van der Waals surface area (Å²) in [5.74, 6) is 7.33. The summed E-state index contributed by atoms with van der Waals surface area (Å²) in [5.41, 5.74) is 0. The Morgan fingerprint density at radius 2 is 1.68 bits per heavy atom. The summed E-state index contributed by atoms with van der Waals surface area (Å²) < 4.78 is 6.28. The second kappa shape index (κ2) is 12.1. The molecule has 2 aliphatic heterocycles. The van der Waals surface area contributed by atoms with Crippen LogP contribution in [-0.4, -0.2) is 58.4 Å². The highest BCUT2D eigenvalue weighted by molar-refractivity contribution is 7.99. The van der Waals surface area contributed by atoms with Crippen molar-refractivity contribution in [1.82, 2.24) is 5.06 Å². The van der Waals surface area contributed by atoms with Gasteiger partial charge in [-0.2, -0.15) is 23.5 Å². The van der Waals surface area contributed by atoms with Gasteiger partial charge in [-0.25, -0.2) is 5.06 Å². The number of rotatable bonds is 12. The van der Waals surface area contributed by atoms with Crippen LogP contribution in [0.15, 0.2) is 0 Å². The molecule has 0 aromatic heterocycles. The lowest BCUT2D eigenvalue weighted by Gasteiger charge is -2.28. The fraction of sp³-hybridized carbons (Fsp3) is 0.955. The molecule has 2 saturated heterocycles. The van der Waals surface area contributed by atoms with Crippen molar-refractivity contribution in [2.45, 2.75) is 82.8 Å². The van der Waals surface area contributed by atoms with E-state index in [4.69, 9.17) is 9.94 Å². The topological polar surface area (TPSA) is 49.8 Å². The number of nitrogens with zero attached hydrogens (tertiary/aromatic N) is 1. The van der Waals surface area contributed by atoms with Crippen LogP contribution in [0.3, 0.4) is 0 Å². The second-order valence-electron chi connectivity index (χ2n) is 8.94. The van der Waals surface area contributed by atoms with Gasteiger partial charge in [0.25, 0.3) is 0 Å². The molecule has 0 aromatic rings. The average molecular weight is 430 g/mol. The number of hydrogen-bond acceptors (Lipinski definition) is 5. The van der Waals surface area contributed by atoms with Crippen molar-refractivity contribution in [1.29, 1.82) is 0 Å². The Balaban J connectivity index is 1.29. The molecule has 4 nitrogen and oxygen atoms in total. The first-order valence-electron chi connectivity index (χ1n) is 11.4. The molecular formula is C22H39NO3S2. The van der Waals surface area contributed by atoms with E-state index in [1.807, 2.05) is 11.8 Å². The fourth-order valence-corrected chi connectivity index (χ4v) is 7.77. The van der Waals surface area contributed by atoms with E-state index in [0.29, 0.717) is 23.7 Å². The minimum Gasteiger partial charge on any atom is -0.374 e. The molecule has 1 aliphatic carbocycles. The monoisotopic (exact) mass is 429 g/mol. The molecule has 0 aromatic carbocycles. The maximum Gasteiger partial charge on any atom is 0.245 e. The maximum atomic E-state index is 11.4. The number of amides is 1. The van der Waals surface area contributed by atoms with Crippen LogP contribution in [0, 0.1) is 17.8 Å². The highest BCUT2D eigenvalue weighted by atomic mass is 32.2. The summed E-state index contributed by atoms with van der Waals surface area (Å²) in [7, 11) is 1.40. The van der Waals surface area contributed by atoms with Crippen LogP contribution < -0.4 is 0 Å². The van der Waals surface area contributed by atoms with E-state index in [1.54, 1.807) is 0 Å². The molecule has 2 bridgehead atoms. The number of thioether (sulfide) groups is 2. The Hall–Kier alpha value is 0.0900. The Kier molecular flexibility index (Phi) is 9.81. The van der Waals surface area contributed by atoms with Gasteiger partial charge in [0, 0.05) is 13.5 Å². The molecule has 1 saturated carbocycles. The predicted molar refractivity (Wildman–Crippen MR) is 119 cm³/mol. The lowest BCUT2D eigenvalue weighted by atomic mass is 9.79. The predicted octanol–water partition coefficient (Wildman–Crippen LogP) is 5.23. The Labute approximate surface area is 179 Å². The highest BCUT2D eigenvalue weighted by Gasteiger charge is 2.47. The van der Waals surface area contributed by atoms with E-state index in [-0.39, 0.29) is 5.91 Å². The zero-order valence-electron chi connectivity index (χ0n) is 17.5. The first kappa shape index (κ1) is 22.8. The van der Waals surface area contributed by atoms with Crippen LogP contribution in [0.2, 0.25) is 0 Å². The van der Waals surface area contributed by atoms with Crippen LogP contribution in [0.5, 0.6) is 0 Å². The number of fused-ring (bicyclic) bond motifs is 2. The van der Waals surface area contributed by atoms with Crippen molar-refractivity contribution < 1.29 is 14.7 Å². The van der Waals surface area contributed by atoms with E-state index >= 15 is 0 Å². The minimum atomic E-state index is -0.183. The summed E-state index contributed by atoms with van der Waals surface area (Å²) >= 11 is 4.24. The van der Waals surface area contributed by atoms with Gasteiger partial charge in [-0.1, -0.05) is 19.3 Å². The van der Waals surface area contributed by atoms with Gasteiger partial charge in [0.1, 0.15) is 0 Å². The van der Waals surface area contributed by atoms with E-state index in [2.05, 4.69) is 11.8 Å². The third-order valence-corrected chi connectivity index (χ3v) is 9.29. The summed E-state index contributed by atoms with van der Waals surface area (Å²) in [6.07, 6.45) is 14.6. The largest absolute Gasteiger partial charge is 0.374 e. The van der Waals surface area contributed by atoms with Crippen molar-refractivity contribution in [3.8, 4) is 0 Å². The van der Waals surface area contributed by atoms with Gasteiger partial charge >= 0.3 is 0 Å². The fourth-order valence-electron chi connectivity index (χ4n) is 5.19. The first-order chi connectivity index (χ1) is 13.6. The maximum absolute atomic E-state index is 11.4. The number of carbonyl (C=O) groups is 1. The summed E-state index contributed by atoms with van der Waals surface area (Å²) in [6.45, 7) is 0. The molecule has 0 spiro atoms.